The van der Waals surface area contributed by atoms with E-state index in [1.807, 2.05) is 6.92 Å². The highest BCUT2D eigenvalue weighted by Crippen LogP contribution is 2.38. The van der Waals surface area contributed by atoms with Gasteiger partial charge in [-0.2, -0.15) is 0 Å². The van der Waals surface area contributed by atoms with E-state index in [0.717, 1.165) is 32.2 Å². The van der Waals surface area contributed by atoms with Gasteiger partial charge in [-0.25, -0.2) is 0 Å². The molecule has 0 radical (unpaired) electrons. The van der Waals surface area contributed by atoms with Gasteiger partial charge >= 0.3 is 5.97 Å². The second-order valence-corrected chi connectivity index (χ2v) is 5.87. The summed E-state index contributed by atoms with van der Waals surface area (Å²) in [5, 5.41) is 9.62. The van der Waals surface area contributed by atoms with Gasteiger partial charge in [0.15, 0.2) is 0 Å². The molecule has 0 amide bonds. The SMILES string of the molecule is CCC1(C(=O)O)CCCN1C1CC(C)OC(C)C1. The first-order chi connectivity index (χ1) is 8.49. The van der Waals surface area contributed by atoms with Crippen molar-refractivity contribution in [1.82, 2.24) is 4.90 Å². The highest BCUT2D eigenvalue weighted by molar-refractivity contribution is 5.79. The number of rotatable bonds is 3. The second kappa shape index (κ2) is 5.17. The molecule has 2 aliphatic rings. The van der Waals surface area contributed by atoms with Crippen LogP contribution in [0.3, 0.4) is 0 Å². The molecule has 0 aliphatic carbocycles. The zero-order chi connectivity index (χ0) is 13.3. The lowest BCUT2D eigenvalue weighted by molar-refractivity contribution is -0.155. The summed E-state index contributed by atoms with van der Waals surface area (Å²) in [6.45, 7) is 7.10. The van der Waals surface area contributed by atoms with Gasteiger partial charge < -0.3 is 9.84 Å². The molecular weight excluding hydrogens is 230 g/mol. The van der Waals surface area contributed by atoms with E-state index in [1.165, 1.54) is 0 Å². The monoisotopic (exact) mass is 255 g/mol. The molecule has 4 heteroatoms. The lowest BCUT2D eigenvalue weighted by Gasteiger charge is -2.44. The third kappa shape index (κ3) is 2.28. The van der Waals surface area contributed by atoms with Crippen molar-refractivity contribution in [2.24, 2.45) is 0 Å². The number of nitrogens with zero attached hydrogens (tertiary/aromatic N) is 1. The molecule has 18 heavy (non-hydrogen) atoms. The van der Waals surface area contributed by atoms with Gasteiger partial charge in [0.05, 0.1) is 12.2 Å². The van der Waals surface area contributed by atoms with E-state index < -0.39 is 11.5 Å². The number of carboxylic acids is 1. The summed E-state index contributed by atoms with van der Waals surface area (Å²) < 4.78 is 5.76. The minimum atomic E-state index is -0.644. The lowest BCUT2D eigenvalue weighted by Crippen LogP contribution is -2.56. The molecule has 0 spiro atoms. The van der Waals surface area contributed by atoms with Crippen LogP contribution < -0.4 is 0 Å². The summed E-state index contributed by atoms with van der Waals surface area (Å²) in [6.07, 6.45) is 4.88. The average molecular weight is 255 g/mol. The van der Waals surface area contributed by atoms with Gasteiger partial charge in [0.25, 0.3) is 0 Å². The van der Waals surface area contributed by atoms with Crippen LogP contribution in [-0.2, 0) is 9.53 Å². The fraction of sp³-hybridized carbons (Fsp3) is 0.929. The second-order valence-electron chi connectivity index (χ2n) is 5.87. The Morgan fingerprint density at radius 1 is 1.39 bits per heavy atom. The Morgan fingerprint density at radius 2 is 2.00 bits per heavy atom. The minimum Gasteiger partial charge on any atom is -0.480 e. The Bertz CT molecular complexity index is 310. The molecule has 1 N–H and O–H groups in total. The predicted molar refractivity (Wildman–Crippen MR) is 69.6 cm³/mol. The Balaban J connectivity index is 2.18. The molecule has 0 bridgehead atoms. The maximum Gasteiger partial charge on any atom is 0.324 e. The van der Waals surface area contributed by atoms with E-state index in [9.17, 15) is 9.90 Å². The molecule has 2 rings (SSSR count). The number of hydrogen-bond acceptors (Lipinski definition) is 3. The largest absolute Gasteiger partial charge is 0.480 e. The molecule has 104 valence electrons. The Labute approximate surface area is 109 Å². The summed E-state index contributed by atoms with van der Waals surface area (Å²) in [4.78, 5) is 14.0. The Kier molecular flexibility index (Phi) is 3.97. The van der Waals surface area contributed by atoms with Gasteiger partial charge in [-0.3, -0.25) is 9.69 Å². The van der Waals surface area contributed by atoms with Crippen molar-refractivity contribution in [2.75, 3.05) is 6.54 Å². The van der Waals surface area contributed by atoms with Crippen LogP contribution >= 0.6 is 0 Å². The summed E-state index contributed by atoms with van der Waals surface area (Å²) in [5.41, 5.74) is -0.624. The molecule has 0 aromatic heterocycles. The number of ether oxygens (including phenoxy) is 1. The molecule has 3 atom stereocenters. The quantitative estimate of drug-likeness (QED) is 0.840. The lowest BCUT2D eigenvalue weighted by atomic mass is 9.89. The maximum absolute atomic E-state index is 11.7. The fourth-order valence-corrected chi connectivity index (χ4v) is 3.82. The van der Waals surface area contributed by atoms with Crippen LogP contribution in [0.4, 0.5) is 0 Å². The van der Waals surface area contributed by atoms with Crippen molar-refractivity contribution in [3.05, 3.63) is 0 Å². The van der Waals surface area contributed by atoms with Crippen LogP contribution in [0.25, 0.3) is 0 Å². The maximum atomic E-state index is 11.7. The number of likely N-dealkylation sites (tertiary alicyclic amines) is 1. The van der Waals surface area contributed by atoms with E-state index in [1.54, 1.807) is 0 Å². The number of aliphatic carboxylic acids is 1. The van der Waals surface area contributed by atoms with Gasteiger partial charge in [0.1, 0.15) is 5.54 Å². The first-order valence-electron chi connectivity index (χ1n) is 7.15. The molecule has 4 nitrogen and oxygen atoms in total. The van der Waals surface area contributed by atoms with Gasteiger partial charge in [-0.05, 0) is 52.5 Å². The molecule has 0 aromatic rings. The van der Waals surface area contributed by atoms with Crippen molar-refractivity contribution in [1.29, 1.82) is 0 Å². The summed E-state index contributed by atoms with van der Waals surface area (Å²) in [7, 11) is 0. The van der Waals surface area contributed by atoms with Crippen LogP contribution in [0.5, 0.6) is 0 Å². The predicted octanol–water partition coefficient (Wildman–Crippen LogP) is 2.27. The zero-order valence-corrected chi connectivity index (χ0v) is 11.7. The summed E-state index contributed by atoms with van der Waals surface area (Å²) >= 11 is 0. The van der Waals surface area contributed by atoms with E-state index in [2.05, 4.69) is 18.7 Å². The summed E-state index contributed by atoms with van der Waals surface area (Å²) in [6, 6.07) is 0.363. The van der Waals surface area contributed by atoms with E-state index >= 15 is 0 Å². The van der Waals surface area contributed by atoms with Gasteiger partial charge in [-0.15, -0.1) is 0 Å². The normalized spacial score (nSPS) is 42.1. The van der Waals surface area contributed by atoms with E-state index in [4.69, 9.17) is 4.74 Å². The van der Waals surface area contributed by atoms with Crippen LogP contribution in [0.2, 0.25) is 0 Å². The van der Waals surface area contributed by atoms with Crippen LogP contribution in [0.15, 0.2) is 0 Å². The van der Waals surface area contributed by atoms with Crippen molar-refractivity contribution in [3.63, 3.8) is 0 Å². The zero-order valence-electron chi connectivity index (χ0n) is 11.7. The third-order valence-corrected chi connectivity index (χ3v) is 4.64. The van der Waals surface area contributed by atoms with Crippen LogP contribution in [0.1, 0.15) is 52.9 Å². The van der Waals surface area contributed by atoms with Crippen molar-refractivity contribution >= 4 is 5.97 Å². The first kappa shape index (κ1) is 13.8. The molecular formula is C14H25NO3. The standard InChI is InChI=1S/C14H25NO3/c1-4-14(13(16)17)6-5-7-15(14)12-8-10(2)18-11(3)9-12/h10-12H,4-9H2,1-3H3,(H,16,17). The highest BCUT2D eigenvalue weighted by atomic mass is 16.5. The average Bonchev–Trinajstić information content (AvgIpc) is 2.72. The van der Waals surface area contributed by atoms with Crippen LogP contribution in [-0.4, -0.2) is 46.3 Å². The topological polar surface area (TPSA) is 49.8 Å². The van der Waals surface area contributed by atoms with E-state index in [-0.39, 0.29) is 12.2 Å². The number of hydrogen-bond donors (Lipinski definition) is 1. The van der Waals surface area contributed by atoms with Crippen molar-refractivity contribution in [3.8, 4) is 0 Å². The smallest absolute Gasteiger partial charge is 0.324 e. The van der Waals surface area contributed by atoms with Crippen LogP contribution in [0, 0.1) is 0 Å². The third-order valence-electron chi connectivity index (χ3n) is 4.64. The first-order valence-corrected chi connectivity index (χ1v) is 7.15. The Morgan fingerprint density at radius 3 is 2.50 bits per heavy atom. The highest BCUT2D eigenvalue weighted by Gasteiger charge is 2.49. The molecule has 0 aromatic carbocycles. The van der Waals surface area contributed by atoms with Gasteiger partial charge in [0.2, 0.25) is 0 Å². The fourth-order valence-electron chi connectivity index (χ4n) is 3.82. The van der Waals surface area contributed by atoms with Gasteiger partial charge in [-0.1, -0.05) is 6.92 Å². The molecule has 0 saturated carbocycles. The summed E-state index contributed by atoms with van der Waals surface area (Å²) in [5.74, 6) is -0.644. The van der Waals surface area contributed by atoms with E-state index in [0.29, 0.717) is 12.5 Å². The van der Waals surface area contributed by atoms with Crippen molar-refractivity contribution in [2.45, 2.75) is 76.7 Å². The van der Waals surface area contributed by atoms with Crippen molar-refractivity contribution < 1.29 is 14.6 Å². The number of carboxylic acid groups (broad SMARTS) is 1. The molecule has 2 fully saturated rings. The Hall–Kier alpha value is -0.610. The molecule has 2 heterocycles. The number of carbonyl (C=O) groups is 1. The minimum absolute atomic E-state index is 0.239. The molecule has 2 aliphatic heterocycles. The van der Waals surface area contributed by atoms with Gasteiger partial charge in [0, 0.05) is 6.04 Å². The molecule has 3 unspecified atom stereocenters. The molecule has 2 saturated heterocycles.